The first kappa shape index (κ1) is 11.2. The molecule has 3 nitrogen and oxygen atoms in total. The molecule has 1 aliphatic rings. The molecule has 0 saturated heterocycles. The average molecular weight is 197 g/mol. The zero-order valence-corrected chi connectivity index (χ0v) is 8.54. The van der Waals surface area contributed by atoms with E-state index < -0.39 is 5.97 Å². The third-order valence-corrected chi connectivity index (χ3v) is 2.51. The number of hydrogen-bond acceptors (Lipinski definition) is 2. The van der Waals surface area contributed by atoms with E-state index >= 15 is 0 Å². The Balaban J connectivity index is 1.82. The van der Waals surface area contributed by atoms with Crippen LogP contribution in [0.15, 0.2) is 12.2 Å². The maximum absolute atomic E-state index is 10.2. The topological polar surface area (TPSA) is 49.3 Å². The summed E-state index contributed by atoms with van der Waals surface area (Å²) in [5, 5.41) is 11.9. The molecule has 0 bridgehead atoms. The van der Waals surface area contributed by atoms with Crippen molar-refractivity contribution in [2.75, 3.05) is 6.54 Å². The molecule has 2 N–H and O–H groups in total. The molecule has 14 heavy (non-hydrogen) atoms. The molecule has 0 unspecified atom stereocenters. The van der Waals surface area contributed by atoms with Crippen LogP contribution in [-0.4, -0.2) is 23.7 Å². The van der Waals surface area contributed by atoms with Gasteiger partial charge in [-0.15, -0.1) is 0 Å². The van der Waals surface area contributed by atoms with E-state index in [1.165, 1.54) is 0 Å². The fourth-order valence-electron chi connectivity index (χ4n) is 1.67. The van der Waals surface area contributed by atoms with E-state index in [-0.39, 0.29) is 0 Å². The lowest BCUT2D eigenvalue weighted by atomic mass is 10.2. The van der Waals surface area contributed by atoms with Gasteiger partial charge in [-0.1, -0.05) is 18.6 Å². The van der Waals surface area contributed by atoms with Gasteiger partial charge in [-0.05, 0) is 32.2 Å². The number of unbranched alkanes of at least 4 members (excludes halogenated alkanes) is 2. The van der Waals surface area contributed by atoms with E-state index in [9.17, 15) is 4.79 Å². The summed E-state index contributed by atoms with van der Waals surface area (Å²) in [5.41, 5.74) is 0. The summed E-state index contributed by atoms with van der Waals surface area (Å²) in [6.45, 7) is 1.02. The molecule has 0 heterocycles. The van der Waals surface area contributed by atoms with Gasteiger partial charge >= 0.3 is 5.97 Å². The number of rotatable bonds is 7. The number of carbonyl (C=O) groups is 1. The summed E-state index contributed by atoms with van der Waals surface area (Å²) in [5.74, 6) is -0.682. The summed E-state index contributed by atoms with van der Waals surface area (Å²) in [6.07, 6.45) is 9.93. The molecule has 1 aliphatic carbocycles. The minimum Gasteiger partial charge on any atom is -0.481 e. The Morgan fingerprint density at radius 2 is 2.00 bits per heavy atom. The highest BCUT2D eigenvalue weighted by Crippen LogP contribution is 2.09. The van der Waals surface area contributed by atoms with Crippen LogP contribution in [0.2, 0.25) is 0 Å². The third-order valence-electron chi connectivity index (χ3n) is 2.51. The van der Waals surface area contributed by atoms with Crippen molar-refractivity contribution in [2.24, 2.45) is 0 Å². The van der Waals surface area contributed by atoms with Crippen molar-refractivity contribution >= 4 is 5.97 Å². The van der Waals surface area contributed by atoms with Crippen molar-refractivity contribution in [3.05, 3.63) is 12.2 Å². The van der Waals surface area contributed by atoms with Crippen molar-refractivity contribution in [1.29, 1.82) is 0 Å². The molecule has 0 atom stereocenters. The Morgan fingerprint density at radius 3 is 2.64 bits per heavy atom. The van der Waals surface area contributed by atoms with Gasteiger partial charge in [0.2, 0.25) is 0 Å². The van der Waals surface area contributed by atoms with E-state index in [0.29, 0.717) is 12.5 Å². The average Bonchev–Trinajstić information content (AvgIpc) is 2.63. The van der Waals surface area contributed by atoms with E-state index in [1.807, 2.05) is 0 Å². The highest BCUT2D eigenvalue weighted by atomic mass is 16.4. The van der Waals surface area contributed by atoms with Crippen molar-refractivity contribution in [3.8, 4) is 0 Å². The van der Waals surface area contributed by atoms with Crippen molar-refractivity contribution < 1.29 is 9.90 Å². The lowest BCUT2D eigenvalue weighted by Crippen LogP contribution is -2.27. The molecule has 0 aromatic carbocycles. The molecule has 0 radical (unpaired) electrons. The van der Waals surface area contributed by atoms with Gasteiger partial charge in [0, 0.05) is 12.5 Å². The molecule has 0 aliphatic heterocycles. The Bertz CT molecular complexity index is 193. The summed E-state index contributed by atoms with van der Waals surface area (Å²) in [6, 6.07) is 0.634. The second-order valence-electron chi connectivity index (χ2n) is 3.80. The standard InChI is InChI=1S/C11H19NO2/c13-11(14)8-2-1-5-9-12-10-6-3-4-7-10/h3-4,10,12H,1-2,5-9H2,(H,13,14). The van der Waals surface area contributed by atoms with Crippen molar-refractivity contribution in [1.82, 2.24) is 5.32 Å². The maximum atomic E-state index is 10.2. The number of aliphatic carboxylic acids is 1. The fourth-order valence-corrected chi connectivity index (χ4v) is 1.67. The van der Waals surface area contributed by atoms with Crippen LogP contribution in [0.5, 0.6) is 0 Å². The van der Waals surface area contributed by atoms with Crippen LogP contribution < -0.4 is 5.32 Å². The van der Waals surface area contributed by atoms with Gasteiger partial charge in [0.25, 0.3) is 0 Å². The second-order valence-corrected chi connectivity index (χ2v) is 3.80. The van der Waals surface area contributed by atoms with Gasteiger partial charge < -0.3 is 10.4 Å². The summed E-state index contributed by atoms with van der Waals surface area (Å²) in [7, 11) is 0. The summed E-state index contributed by atoms with van der Waals surface area (Å²) in [4.78, 5) is 10.2. The lowest BCUT2D eigenvalue weighted by molar-refractivity contribution is -0.137. The van der Waals surface area contributed by atoms with Crippen molar-refractivity contribution in [3.63, 3.8) is 0 Å². The largest absolute Gasteiger partial charge is 0.481 e. The maximum Gasteiger partial charge on any atom is 0.303 e. The van der Waals surface area contributed by atoms with Crippen LogP contribution in [-0.2, 0) is 4.79 Å². The molecule has 0 aromatic heterocycles. The Labute approximate surface area is 85.2 Å². The fraction of sp³-hybridized carbons (Fsp3) is 0.727. The Kier molecular flexibility index (Phi) is 5.30. The van der Waals surface area contributed by atoms with Gasteiger partial charge in [0.05, 0.1) is 0 Å². The zero-order chi connectivity index (χ0) is 10.2. The SMILES string of the molecule is O=C(O)CCCCCNC1CC=CC1. The monoisotopic (exact) mass is 197 g/mol. The van der Waals surface area contributed by atoms with E-state index in [0.717, 1.165) is 38.6 Å². The van der Waals surface area contributed by atoms with Gasteiger partial charge in [0.15, 0.2) is 0 Å². The van der Waals surface area contributed by atoms with Crippen LogP contribution in [0.3, 0.4) is 0 Å². The summed E-state index contributed by atoms with van der Waals surface area (Å²) >= 11 is 0. The summed E-state index contributed by atoms with van der Waals surface area (Å²) < 4.78 is 0. The number of carboxylic acid groups (broad SMARTS) is 1. The molecule has 3 heteroatoms. The Morgan fingerprint density at radius 1 is 1.29 bits per heavy atom. The van der Waals surface area contributed by atoms with E-state index in [2.05, 4.69) is 17.5 Å². The van der Waals surface area contributed by atoms with Gasteiger partial charge in [-0.3, -0.25) is 4.79 Å². The van der Waals surface area contributed by atoms with Gasteiger partial charge in [-0.2, -0.15) is 0 Å². The Hall–Kier alpha value is -0.830. The molecule has 0 spiro atoms. The number of carboxylic acids is 1. The number of hydrogen-bond donors (Lipinski definition) is 2. The van der Waals surface area contributed by atoms with E-state index in [1.54, 1.807) is 0 Å². The van der Waals surface area contributed by atoms with E-state index in [4.69, 9.17) is 5.11 Å². The first-order valence-electron chi connectivity index (χ1n) is 5.39. The van der Waals surface area contributed by atoms with Crippen LogP contribution in [0, 0.1) is 0 Å². The zero-order valence-electron chi connectivity index (χ0n) is 8.54. The highest BCUT2D eigenvalue weighted by Gasteiger charge is 2.07. The number of nitrogens with one attached hydrogen (secondary N) is 1. The molecule has 0 fully saturated rings. The highest BCUT2D eigenvalue weighted by molar-refractivity contribution is 5.66. The third kappa shape index (κ3) is 5.02. The minimum atomic E-state index is -0.682. The molecular formula is C11H19NO2. The lowest BCUT2D eigenvalue weighted by Gasteiger charge is -2.10. The molecule has 80 valence electrons. The molecule has 1 rings (SSSR count). The first-order valence-corrected chi connectivity index (χ1v) is 5.39. The predicted molar refractivity (Wildman–Crippen MR) is 56.3 cm³/mol. The quantitative estimate of drug-likeness (QED) is 0.484. The predicted octanol–water partition coefficient (Wildman–Crippen LogP) is 1.94. The van der Waals surface area contributed by atoms with Crippen molar-refractivity contribution in [2.45, 2.75) is 44.6 Å². The molecule has 0 aromatic rings. The van der Waals surface area contributed by atoms with Crippen LogP contribution in [0.4, 0.5) is 0 Å². The van der Waals surface area contributed by atoms with Crippen LogP contribution in [0.1, 0.15) is 38.5 Å². The first-order chi connectivity index (χ1) is 6.79. The molecule has 0 saturated carbocycles. The second kappa shape index (κ2) is 6.60. The normalized spacial score (nSPS) is 16.3. The van der Waals surface area contributed by atoms with Crippen LogP contribution >= 0.6 is 0 Å². The minimum absolute atomic E-state index is 0.311. The molecular weight excluding hydrogens is 178 g/mol. The van der Waals surface area contributed by atoms with Gasteiger partial charge in [-0.25, -0.2) is 0 Å². The van der Waals surface area contributed by atoms with Crippen LogP contribution in [0.25, 0.3) is 0 Å². The smallest absolute Gasteiger partial charge is 0.303 e. The molecule has 0 amide bonds. The van der Waals surface area contributed by atoms with Gasteiger partial charge in [0.1, 0.15) is 0 Å².